The standard InChI is InChI=1S/C26H25FN4O3S/c1-34-21-12-6-18(7-13-21)25(33)31-16-14-30(15-17-31)20-10-8-19(9-11-20)28-26(35)29-24(32)22-4-2-3-5-23(22)27/h2-13H,14-17H2,1H3,(H2,28,29,32,35). The van der Waals surface area contributed by atoms with Crippen molar-refractivity contribution >= 4 is 40.5 Å². The van der Waals surface area contributed by atoms with Crippen molar-refractivity contribution < 1.29 is 18.7 Å². The molecule has 35 heavy (non-hydrogen) atoms. The fraction of sp³-hybridized carbons (Fsp3) is 0.192. The second-order valence-corrected chi connectivity index (χ2v) is 8.35. The monoisotopic (exact) mass is 492 g/mol. The number of halogens is 1. The van der Waals surface area contributed by atoms with Crippen LogP contribution in [0, 0.1) is 5.82 Å². The first kappa shape index (κ1) is 24.2. The van der Waals surface area contributed by atoms with Gasteiger partial charge in [0.25, 0.3) is 11.8 Å². The summed E-state index contributed by atoms with van der Waals surface area (Å²) >= 11 is 5.18. The fourth-order valence-corrected chi connectivity index (χ4v) is 4.03. The summed E-state index contributed by atoms with van der Waals surface area (Å²) in [4.78, 5) is 29.0. The van der Waals surface area contributed by atoms with Crippen LogP contribution in [0.15, 0.2) is 72.8 Å². The number of amides is 2. The maximum Gasteiger partial charge on any atom is 0.260 e. The smallest absolute Gasteiger partial charge is 0.260 e. The topological polar surface area (TPSA) is 73.9 Å². The molecular formula is C26H25FN4O3S. The molecule has 2 N–H and O–H groups in total. The lowest BCUT2D eigenvalue weighted by Crippen LogP contribution is -2.48. The van der Waals surface area contributed by atoms with Crippen LogP contribution < -0.4 is 20.3 Å². The van der Waals surface area contributed by atoms with E-state index in [1.165, 1.54) is 18.2 Å². The van der Waals surface area contributed by atoms with E-state index in [-0.39, 0.29) is 16.6 Å². The van der Waals surface area contributed by atoms with E-state index in [1.54, 1.807) is 37.4 Å². The van der Waals surface area contributed by atoms with Crippen LogP contribution in [0.1, 0.15) is 20.7 Å². The van der Waals surface area contributed by atoms with Crippen molar-refractivity contribution in [3.8, 4) is 5.75 Å². The minimum absolute atomic E-state index is 0.0118. The average molecular weight is 493 g/mol. The Hall–Kier alpha value is -3.98. The lowest BCUT2D eigenvalue weighted by atomic mass is 10.1. The molecule has 1 fully saturated rings. The Morgan fingerprint density at radius 1 is 0.914 bits per heavy atom. The van der Waals surface area contributed by atoms with E-state index in [9.17, 15) is 14.0 Å². The van der Waals surface area contributed by atoms with Crippen LogP contribution in [0.2, 0.25) is 0 Å². The number of benzene rings is 3. The molecule has 0 aliphatic carbocycles. The van der Waals surface area contributed by atoms with Gasteiger partial charge in [-0.25, -0.2) is 4.39 Å². The van der Waals surface area contributed by atoms with Gasteiger partial charge in [0.15, 0.2) is 5.11 Å². The molecule has 7 nitrogen and oxygen atoms in total. The van der Waals surface area contributed by atoms with Crippen LogP contribution in [0.4, 0.5) is 15.8 Å². The predicted octanol–water partition coefficient (Wildman–Crippen LogP) is 3.92. The summed E-state index contributed by atoms with van der Waals surface area (Å²) in [7, 11) is 1.60. The quantitative estimate of drug-likeness (QED) is 0.526. The van der Waals surface area contributed by atoms with Crippen molar-refractivity contribution in [2.45, 2.75) is 0 Å². The second-order valence-electron chi connectivity index (χ2n) is 7.94. The molecule has 9 heteroatoms. The molecule has 3 aromatic rings. The zero-order valence-corrected chi connectivity index (χ0v) is 20.0. The highest BCUT2D eigenvalue weighted by Gasteiger charge is 2.22. The molecule has 0 unspecified atom stereocenters. The number of hydrogen-bond acceptors (Lipinski definition) is 5. The third kappa shape index (κ3) is 5.93. The number of piperazine rings is 1. The van der Waals surface area contributed by atoms with Crippen molar-refractivity contribution in [2.75, 3.05) is 43.5 Å². The molecule has 4 rings (SSSR count). The van der Waals surface area contributed by atoms with E-state index in [0.717, 1.165) is 11.4 Å². The Labute approximate surface area is 208 Å². The van der Waals surface area contributed by atoms with Gasteiger partial charge in [0.2, 0.25) is 0 Å². The highest BCUT2D eigenvalue weighted by molar-refractivity contribution is 7.80. The van der Waals surface area contributed by atoms with E-state index in [0.29, 0.717) is 37.4 Å². The summed E-state index contributed by atoms with van der Waals surface area (Å²) in [6.07, 6.45) is 0. The summed E-state index contributed by atoms with van der Waals surface area (Å²) in [6.45, 7) is 2.67. The Morgan fingerprint density at radius 2 is 1.57 bits per heavy atom. The number of nitrogens with one attached hydrogen (secondary N) is 2. The van der Waals surface area contributed by atoms with Gasteiger partial charge in [0.05, 0.1) is 12.7 Å². The zero-order valence-electron chi connectivity index (χ0n) is 19.2. The number of carbonyl (C=O) groups excluding carboxylic acids is 2. The third-order valence-corrected chi connectivity index (χ3v) is 5.94. The van der Waals surface area contributed by atoms with Crippen molar-refractivity contribution in [1.29, 1.82) is 0 Å². The molecule has 1 saturated heterocycles. The molecular weight excluding hydrogens is 467 g/mol. The highest BCUT2D eigenvalue weighted by atomic mass is 32.1. The molecule has 0 radical (unpaired) electrons. The molecule has 3 aromatic carbocycles. The molecule has 0 spiro atoms. The van der Waals surface area contributed by atoms with Gasteiger partial charge in [-0.3, -0.25) is 14.9 Å². The maximum absolute atomic E-state index is 13.8. The molecule has 1 heterocycles. The van der Waals surface area contributed by atoms with Crippen molar-refractivity contribution in [2.24, 2.45) is 0 Å². The zero-order chi connectivity index (χ0) is 24.8. The van der Waals surface area contributed by atoms with Gasteiger partial charge in [0, 0.05) is 43.1 Å². The fourth-order valence-electron chi connectivity index (χ4n) is 3.82. The number of hydrogen-bond donors (Lipinski definition) is 2. The van der Waals surface area contributed by atoms with Crippen LogP contribution in [0.5, 0.6) is 5.75 Å². The van der Waals surface area contributed by atoms with Crippen LogP contribution >= 0.6 is 12.2 Å². The van der Waals surface area contributed by atoms with Gasteiger partial charge in [-0.15, -0.1) is 0 Å². The maximum atomic E-state index is 13.8. The predicted molar refractivity (Wildman–Crippen MR) is 138 cm³/mol. The molecule has 0 atom stereocenters. The SMILES string of the molecule is COc1ccc(C(=O)N2CCN(c3ccc(NC(=S)NC(=O)c4ccccc4F)cc3)CC2)cc1. The van der Waals surface area contributed by atoms with Gasteiger partial charge >= 0.3 is 0 Å². The van der Waals surface area contributed by atoms with E-state index >= 15 is 0 Å². The summed E-state index contributed by atoms with van der Waals surface area (Å²) < 4.78 is 18.9. The number of thiocarbonyl (C=S) groups is 1. The van der Waals surface area contributed by atoms with Crippen LogP contribution in [0.25, 0.3) is 0 Å². The number of nitrogens with zero attached hydrogens (tertiary/aromatic N) is 2. The molecule has 0 saturated carbocycles. The largest absolute Gasteiger partial charge is 0.497 e. The van der Waals surface area contributed by atoms with Crippen LogP contribution in [0.3, 0.4) is 0 Å². The summed E-state index contributed by atoms with van der Waals surface area (Å²) in [5.74, 6) is -0.488. The summed E-state index contributed by atoms with van der Waals surface area (Å²) in [5, 5.41) is 5.50. The normalized spacial score (nSPS) is 13.2. The summed E-state index contributed by atoms with van der Waals surface area (Å²) in [6, 6.07) is 20.5. The van der Waals surface area contributed by atoms with Crippen molar-refractivity contribution in [1.82, 2.24) is 10.2 Å². The Balaban J connectivity index is 1.28. The van der Waals surface area contributed by atoms with Crippen molar-refractivity contribution in [3.63, 3.8) is 0 Å². The van der Waals surface area contributed by atoms with E-state index in [1.807, 2.05) is 29.2 Å². The summed E-state index contributed by atoms with van der Waals surface area (Å²) in [5.41, 5.74) is 2.29. The Kier molecular flexibility index (Phi) is 7.57. The third-order valence-electron chi connectivity index (χ3n) is 5.74. The first-order valence-electron chi connectivity index (χ1n) is 11.1. The van der Waals surface area contributed by atoms with Gasteiger partial charge < -0.3 is 19.9 Å². The number of ether oxygens (including phenoxy) is 1. The van der Waals surface area contributed by atoms with Gasteiger partial charge in [-0.2, -0.15) is 0 Å². The molecule has 180 valence electrons. The van der Waals surface area contributed by atoms with Gasteiger partial charge in [0.1, 0.15) is 11.6 Å². The molecule has 0 aromatic heterocycles. The first-order valence-corrected chi connectivity index (χ1v) is 11.5. The Bertz CT molecular complexity index is 1210. The lowest BCUT2D eigenvalue weighted by molar-refractivity contribution is 0.0746. The number of rotatable bonds is 5. The number of methoxy groups -OCH3 is 1. The highest BCUT2D eigenvalue weighted by Crippen LogP contribution is 2.21. The number of anilines is 2. The van der Waals surface area contributed by atoms with Gasteiger partial charge in [-0.05, 0) is 72.9 Å². The average Bonchev–Trinajstić information content (AvgIpc) is 2.89. The Morgan fingerprint density at radius 3 is 2.20 bits per heavy atom. The minimum Gasteiger partial charge on any atom is -0.497 e. The first-order chi connectivity index (χ1) is 16.9. The van der Waals surface area contributed by atoms with E-state index in [2.05, 4.69) is 15.5 Å². The molecule has 0 bridgehead atoms. The number of carbonyl (C=O) groups is 2. The van der Waals surface area contributed by atoms with E-state index < -0.39 is 11.7 Å². The lowest BCUT2D eigenvalue weighted by Gasteiger charge is -2.36. The second kappa shape index (κ2) is 11.0. The van der Waals surface area contributed by atoms with Crippen molar-refractivity contribution in [3.05, 3.63) is 89.7 Å². The van der Waals surface area contributed by atoms with E-state index in [4.69, 9.17) is 17.0 Å². The van der Waals surface area contributed by atoms with Gasteiger partial charge in [-0.1, -0.05) is 12.1 Å². The van der Waals surface area contributed by atoms with Crippen LogP contribution in [-0.4, -0.2) is 55.1 Å². The molecule has 1 aliphatic heterocycles. The molecule has 2 amide bonds. The van der Waals surface area contributed by atoms with Crippen LogP contribution in [-0.2, 0) is 0 Å². The minimum atomic E-state index is -0.612. The molecule has 1 aliphatic rings.